The lowest BCUT2D eigenvalue weighted by Gasteiger charge is -2.31. The summed E-state index contributed by atoms with van der Waals surface area (Å²) in [6.07, 6.45) is 4.28. The molecule has 2 heterocycles. The molecule has 1 N–H and O–H groups in total. The van der Waals surface area contributed by atoms with E-state index < -0.39 is 10.0 Å². The van der Waals surface area contributed by atoms with Crippen molar-refractivity contribution in [1.29, 1.82) is 0 Å². The van der Waals surface area contributed by atoms with Gasteiger partial charge in [-0.15, -0.1) is 0 Å². The molecule has 1 fully saturated rings. The molecular weight excluding hydrogens is 292 g/mol. The van der Waals surface area contributed by atoms with Gasteiger partial charge < -0.3 is 9.32 Å². The number of hydrogen-bond donors (Lipinski definition) is 1. The topological polar surface area (TPSA) is 79.6 Å². The normalized spacial score (nSPS) is 17.1. The van der Waals surface area contributed by atoms with E-state index in [1.807, 2.05) is 6.92 Å². The summed E-state index contributed by atoms with van der Waals surface area (Å²) >= 11 is 0. The molecule has 0 bridgehead atoms. The molecule has 1 aromatic rings. The van der Waals surface area contributed by atoms with Crippen LogP contribution in [0.15, 0.2) is 22.8 Å². The largest absolute Gasteiger partial charge is 0.459 e. The Morgan fingerprint density at radius 3 is 2.71 bits per heavy atom. The predicted octanol–water partition coefficient (Wildman–Crippen LogP) is 1.60. The van der Waals surface area contributed by atoms with Crippen molar-refractivity contribution in [3.05, 3.63) is 24.2 Å². The quantitative estimate of drug-likeness (QED) is 0.865. The zero-order chi connectivity index (χ0) is 15.3. The van der Waals surface area contributed by atoms with Crippen molar-refractivity contribution in [2.45, 2.75) is 38.6 Å². The second-order valence-electron chi connectivity index (χ2n) is 5.33. The number of nitrogens with one attached hydrogen (secondary N) is 1. The third kappa shape index (κ3) is 4.57. The Hall–Kier alpha value is -1.34. The van der Waals surface area contributed by atoms with Crippen molar-refractivity contribution >= 4 is 15.9 Å². The van der Waals surface area contributed by atoms with Crippen LogP contribution in [0.4, 0.5) is 0 Å². The standard InChI is InChI=1S/C14H22N2O4S/c1-2-3-11-21(18,19)15-12-6-8-16(9-7-12)14(17)13-5-4-10-20-13/h4-5,10,12,15H,2-3,6-9,11H2,1H3. The number of amides is 1. The van der Waals surface area contributed by atoms with Crippen LogP contribution in [0.1, 0.15) is 43.2 Å². The molecule has 0 aromatic carbocycles. The Labute approximate surface area is 125 Å². The zero-order valence-corrected chi connectivity index (χ0v) is 13.1. The molecule has 0 aliphatic carbocycles. The number of likely N-dealkylation sites (tertiary alicyclic amines) is 1. The maximum absolute atomic E-state index is 12.1. The molecule has 0 saturated carbocycles. The van der Waals surface area contributed by atoms with Gasteiger partial charge in [0.25, 0.3) is 5.91 Å². The monoisotopic (exact) mass is 314 g/mol. The highest BCUT2D eigenvalue weighted by atomic mass is 32.2. The van der Waals surface area contributed by atoms with Gasteiger partial charge in [0.15, 0.2) is 5.76 Å². The second-order valence-corrected chi connectivity index (χ2v) is 7.21. The molecule has 0 unspecified atom stereocenters. The van der Waals surface area contributed by atoms with Crippen LogP contribution < -0.4 is 4.72 Å². The first-order valence-corrected chi connectivity index (χ1v) is 9.00. The number of furan rings is 1. The summed E-state index contributed by atoms with van der Waals surface area (Å²) in [7, 11) is -3.20. The summed E-state index contributed by atoms with van der Waals surface area (Å²) in [4.78, 5) is 13.8. The van der Waals surface area contributed by atoms with Gasteiger partial charge in [0.1, 0.15) is 0 Å². The number of hydrogen-bond acceptors (Lipinski definition) is 4. The molecule has 1 aliphatic heterocycles. The van der Waals surface area contributed by atoms with Crippen molar-refractivity contribution in [2.24, 2.45) is 0 Å². The van der Waals surface area contributed by atoms with E-state index in [0.717, 1.165) is 6.42 Å². The first kappa shape index (κ1) is 16.0. The van der Waals surface area contributed by atoms with Crippen LogP contribution in [-0.2, 0) is 10.0 Å². The molecule has 118 valence electrons. The third-order valence-corrected chi connectivity index (χ3v) is 5.15. The fraction of sp³-hybridized carbons (Fsp3) is 0.643. The van der Waals surface area contributed by atoms with E-state index in [4.69, 9.17) is 4.42 Å². The van der Waals surface area contributed by atoms with Gasteiger partial charge in [0.05, 0.1) is 12.0 Å². The van der Waals surface area contributed by atoms with Crippen LogP contribution in [0, 0.1) is 0 Å². The van der Waals surface area contributed by atoms with E-state index in [1.54, 1.807) is 17.0 Å². The predicted molar refractivity (Wildman–Crippen MR) is 79.5 cm³/mol. The van der Waals surface area contributed by atoms with E-state index in [1.165, 1.54) is 6.26 Å². The van der Waals surface area contributed by atoms with Crippen LogP contribution in [0.3, 0.4) is 0 Å². The lowest BCUT2D eigenvalue weighted by molar-refractivity contribution is 0.0679. The van der Waals surface area contributed by atoms with Gasteiger partial charge in [0.2, 0.25) is 10.0 Å². The smallest absolute Gasteiger partial charge is 0.289 e. The Morgan fingerprint density at radius 1 is 1.43 bits per heavy atom. The molecule has 0 spiro atoms. The van der Waals surface area contributed by atoms with Crippen LogP contribution in [0.25, 0.3) is 0 Å². The minimum atomic E-state index is -3.20. The first-order chi connectivity index (χ1) is 10.0. The molecule has 7 heteroatoms. The molecule has 1 saturated heterocycles. The van der Waals surface area contributed by atoms with Gasteiger partial charge in [-0.1, -0.05) is 13.3 Å². The molecule has 6 nitrogen and oxygen atoms in total. The molecule has 2 rings (SSSR count). The van der Waals surface area contributed by atoms with E-state index >= 15 is 0 Å². The fourth-order valence-corrected chi connectivity index (χ4v) is 3.93. The Bertz CT molecular complexity index is 546. The molecule has 0 atom stereocenters. The zero-order valence-electron chi connectivity index (χ0n) is 12.2. The van der Waals surface area contributed by atoms with Gasteiger partial charge in [-0.2, -0.15) is 0 Å². The molecule has 21 heavy (non-hydrogen) atoms. The maximum Gasteiger partial charge on any atom is 0.289 e. The van der Waals surface area contributed by atoms with E-state index in [-0.39, 0.29) is 17.7 Å². The number of rotatable bonds is 6. The molecular formula is C14H22N2O4S. The number of carbonyl (C=O) groups excluding carboxylic acids is 1. The summed E-state index contributed by atoms with van der Waals surface area (Å²) in [5.41, 5.74) is 0. The number of unbranched alkanes of at least 4 members (excludes halogenated alkanes) is 1. The van der Waals surface area contributed by atoms with Crippen molar-refractivity contribution in [3.63, 3.8) is 0 Å². The van der Waals surface area contributed by atoms with Crippen LogP contribution in [0.2, 0.25) is 0 Å². The second kappa shape index (κ2) is 7.09. The fourth-order valence-electron chi connectivity index (χ4n) is 2.40. The number of nitrogens with zero attached hydrogens (tertiary/aromatic N) is 1. The molecule has 1 aromatic heterocycles. The van der Waals surface area contributed by atoms with Crippen molar-refractivity contribution in [2.75, 3.05) is 18.8 Å². The number of piperidine rings is 1. The van der Waals surface area contributed by atoms with Crippen molar-refractivity contribution < 1.29 is 17.6 Å². The highest BCUT2D eigenvalue weighted by molar-refractivity contribution is 7.89. The molecule has 1 aliphatic rings. The Balaban J connectivity index is 1.82. The SMILES string of the molecule is CCCCS(=O)(=O)NC1CCN(C(=O)c2ccco2)CC1. The van der Waals surface area contributed by atoms with Crippen LogP contribution >= 0.6 is 0 Å². The lowest BCUT2D eigenvalue weighted by atomic mass is 10.1. The Morgan fingerprint density at radius 2 is 2.14 bits per heavy atom. The lowest BCUT2D eigenvalue weighted by Crippen LogP contribution is -2.46. The van der Waals surface area contributed by atoms with Gasteiger partial charge in [-0.05, 0) is 31.4 Å². The van der Waals surface area contributed by atoms with E-state index in [0.29, 0.717) is 38.1 Å². The average molecular weight is 314 g/mol. The third-order valence-electron chi connectivity index (χ3n) is 3.63. The van der Waals surface area contributed by atoms with E-state index in [2.05, 4.69) is 4.72 Å². The summed E-state index contributed by atoms with van der Waals surface area (Å²) in [5, 5.41) is 0. The van der Waals surface area contributed by atoms with Gasteiger partial charge in [0, 0.05) is 19.1 Å². The molecule has 1 amide bonds. The van der Waals surface area contributed by atoms with Crippen molar-refractivity contribution in [3.8, 4) is 0 Å². The highest BCUT2D eigenvalue weighted by Gasteiger charge is 2.27. The summed E-state index contributed by atoms with van der Waals surface area (Å²) < 4.78 is 31.5. The average Bonchev–Trinajstić information content (AvgIpc) is 2.99. The highest BCUT2D eigenvalue weighted by Crippen LogP contribution is 2.15. The summed E-state index contributed by atoms with van der Waals surface area (Å²) in [6.45, 7) is 3.05. The maximum atomic E-state index is 12.1. The summed E-state index contributed by atoms with van der Waals surface area (Å²) in [5.74, 6) is 0.374. The van der Waals surface area contributed by atoms with Gasteiger partial charge in [-0.25, -0.2) is 13.1 Å². The minimum Gasteiger partial charge on any atom is -0.459 e. The summed E-state index contributed by atoms with van der Waals surface area (Å²) in [6, 6.07) is 3.25. The first-order valence-electron chi connectivity index (χ1n) is 7.34. The van der Waals surface area contributed by atoms with Crippen molar-refractivity contribution in [1.82, 2.24) is 9.62 Å². The number of sulfonamides is 1. The minimum absolute atomic E-state index is 0.0764. The number of carbonyl (C=O) groups is 1. The van der Waals surface area contributed by atoms with Crippen LogP contribution in [-0.4, -0.2) is 44.1 Å². The van der Waals surface area contributed by atoms with Gasteiger partial charge >= 0.3 is 0 Å². The Kier molecular flexibility index (Phi) is 5.41. The van der Waals surface area contributed by atoms with E-state index in [9.17, 15) is 13.2 Å². The van der Waals surface area contributed by atoms with Gasteiger partial charge in [-0.3, -0.25) is 4.79 Å². The molecule has 0 radical (unpaired) electrons. The van der Waals surface area contributed by atoms with Crippen LogP contribution in [0.5, 0.6) is 0 Å².